The molecule has 1 aliphatic heterocycles. The third kappa shape index (κ3) is 10.4. The van der Waals surface area contributed by atoms with Gasteiger partial charge in [-0.3, -0.25) is 19.2 Å². The molecule has 6 rings (SSSR count). The third-order valence-electron chi connectivity index (χ3n) is 11.8. The molecule has 0 radical (unpaired) electrons. The molecule has 0 spiro atoms. The average Bonchev–Trinajstić information content (AvgIpc) is 3.88. The van der Waals surface area contributed by atoms with Gasteiger partial charge in [0.1, 0.15) is 31.0 Å². The fraction of sp³-hybridized carbons (Fsp3) is 0.479. The second-order valence-electron chi connectivity index (χ2n) is 18.7. The molecule has 4 aromatic rings. The lowest BCUT2D eigenvalue weighted by atomic mass is 9.52. The van der Waals surface area contributed by atoms with Crippen LogP contribution in [0.3, 0.4) is 0 Å². The first-order valence-electron chi connectivity index (χ1n) is 21.0. The van der Waals surface area contributed by atoms with E-state index in [0.717, 1.165) is 39.2 Å². The highest BCUT2D eigenvalue weighted by Gasteiger charge is 2.53. The molecule has 3 aromatic carbocycles. The first kappa shape index (κ1) is 44.5. The Hall–Kier alpha value is -5.07. The maximum Gasteiger partial charge on any atom is 0.251 e. The van der Waals surface area contributed by atoms with Gasteiger partial charge in [-0.15, -0.1) is 11.3 Å². The van der Waals surface area contributed by atoms with E-state index in [-0.39, 0.29) is 60.5 Å². The van der Waals surface area contributed by atoms with Crippen molar-refractivity contribution in [2.75, 3.05) is 26.4 Å². The predicted molar refractivity (Wildman–Crippen MR) is 237 cm³/mol. The van der Waals surface area contributed by atoms with E-state index in [1.54, 1.807) is 16.2 Å². The molecular weight excluding hydrogens is 775 g/mol. The van der Waals surface area contributed by atoms with E-state index in [4.69, 9.17) is 9.47 Å². The van der Waals surface area contributed by atoms with E-state index in [0.29, 0.717) is 30.7 Å². The Morgan fingerprint density at radius 2 is 1.48 bits per heavy atom. The smallest absolute Gasteiger partial charge is 0.251 e. The molecule has 1 saturated heterocycles. The molecule has 320 valence electrons. The van der Waals surface area contributed by atoms with E-state index in [1.165, 1.54) is 0 Å². The van der Waals surface area contributed by atoms with E-state index < -0.39 is 23.4 Å². The molecule has 4 amide bonds. The predicted octanol–water partition coefficient (Wildman–Crippen LogP) is 8.13. The number of hydrogen-bond donors (Lipinski definition) is 3. The zero-order valence-corrected chi connectivity index (χ0v) is 37.3. The zero-order valence-electron chi connectivity index (χ0n) is 36.5. The van der Waals surface area contributed by atoms with Crippen molar-refractivity contribution in [3.05, 3.63) is 95.1 Å². The second kappa shape index (κ2) is 18.3. The molecule has 1 saturated carbocycles. The van der Waals surface area contributed by atoms with Gasteiger partial charge in [-0.05, 0) is 95.9 Å². The van der Waals surface area contributed by atoms with Crippen LogP contribution >= 0.6 is 11.3 Å². The number of ether oxygens (including phenoxy) is 2. The lowest BCUT2D eigenvalue weighted by Crippen LogP contribution is -2.63. The van der Waals surface area contributed by atoms with Crippen LogP contribution in [0.25, 0.3) is 21.6 Å². The van der Waals surface area contributed by atoms with Crippen molar-refractivity contribution in [1.29, 1.82) is 0 Å². The van der Waals surface area contributed by atoms with Gasteiger partial charge >= 0.3 is 0 Å². The molecule has 3 atom stereocenters. The minimum atomic E-state index is -0.850. The van der Waals surface area contributed by atoms with Crippen LogP contribution in [0.15, 0.2) is 78.3 Å². The number of nitrogens with one attached hydrogen (secondary N) is 3. The van der Waals surface area contributed by atoms with Crippen molar-refractivity contribution in [2.24, 2.45) is 16.2 Å². The number of rotatable bonds is 15. The highest BCUT2D eigenvalue weighted by atomic mass is 32.1. The number of amides is 4. The molecule has 1 aliphatic carbocycles. The van der Waals surface area contributed by atoms with Crippen molar-refractivity contribution in [1.82, 2.24) is 25.8 Å². The quantitative estimate of drug-likeness (QED) is 0.103. The van der Waals surface area contributed by atoms with Gasteiger partial charge in [-0.2, -0.15) is 0 Å². The number of hydrogen-bond acceptors (Lipinski definition) is 8. The van der Waals surface area contributed by atoms with Crippen LogP contribution in [0.1, 0.15) is 102 Å². The summed E-state index contributed by atoms with van der Waals surface area (Å²) in [7, 11) is 0. The highest BCUT2D eigenvalue weighted by molar-refractivity contribution is 7.13. The lowest BCUT2D eigenvalue weighted by Gasteiger charge is -2.57. The van der Waals surface area contributed by atoms with Gasteiger partial charge in [0.25, 0.3) is 5.91 Å². The highest BCUT2D eigenvalue weighted by Crippen LogP contribution is 2.53. The van der Waals surface area contributed by atoms with Crippen molar-refractivity contribution in [3.63, 3.8) is 0 Å². The van der Waals surface area contributed by atoms with Crippen molar-refractivity contribution in [2.45, 2.75) is 106 Å². The van der Waals surface area contributed by atoms with Gasteiger partial charge in [0.2, 0.25) is 17.7 Å². The monoisotopic (exact) mass is 835 g/mol. The summed E-state index contributed by atoms with van der Waals surface area (Å²) in [6, 6.07) is 21.8. The number of benzene rings is 3. The summed E-state index contributed by atoms with van der Waals surface area (Å²) in [5.74, 6) is -0.304. The van der Waals surface area contributed by atoms with Gasteiger partial charge in [0.05, 0.1) is 28.7 Å². The van der Waals surface area contributed by atoms with E-state index in [1.807, 2.05) is 113 Å². The lowest BCUT2D eigenvalue weighted by molar-refractivity contribution is -0.144. The molecule has 2 fully saturated rings. The molecular formula is C48H61N5O6S. The number of aromatic nitrogens is 1. The summed E-state index contributed by atoms with van der Waals surface area (Å²) in [6.45, 7) is 19.0. The van der Waals surface area contributed by atoms with Crippen LogP contribution in [-0.4, -0.2) is 78.0 Å². The van der Waals surface area contributed by atoms with Gasteiger partial charge < -0.3 is 30.3 Å². The number of nitrogens with zero attached hydrogens (tertiary/aromatic N) is 2. The van der Waals surface area contributed by atoms with Gasteiger partial charge in [0, 0.05) is 18.2 Å². The average molecular weight is 836 g/mol. The normalized spacial score (nSPS) is 18.2. The Labute approximate surface area is 359 Å². The Kier molecular flexibility index (Phi) is 13.5. The molecule has 12 heteroatoms. The fourth-order valence-electron chi connectivity index (χ4n) is 9.07. The van der Waals surface area contributed by atoms with Gasteiger partial charge in [0.15, 0.2) is 0 Å². The second-order valence-corrected chi connectivity index (χ2v) is 19.6. The molecule has 60 heavy (non-hydrogen) atoms. The van der Waals surface area contributed by atoms with Crippen LogP contribution in [-0.2, 0) is 19.1 Å². The molecule has 0 bridgehead atoms. The third-order valence-corrected chi connectivity index (χ3v) is 12.8. The van der Waals surface area contributed by atoms with E-state index in [2.05, 4.69) is 48.6 Å². The summed E-state index contributed by atoms with van der Waals surface area (Å²) < 4.78 is 11.5. The Balaban J connectivity index is 0.935. The maximum atomic E-state index is 14.0. The Bertz CT molecular complexity index is 2120. The summed E-state index contributed by atoms with van der Waals surface area (Å²) in [5, 5.41) is 9.24. The standard InChI is InChI=1S/C48H61N5O6S/c1-30(32-12-16-35(17-13-32)40-31(2)49-29-60-40)50-43(56)38-11-10-24-53(38)44(57)41(46(3,4)5)51-39(54)27-58-25-26-59-37-22-20-34(21-23-37)33-14-18-36(19-15-33)42(55)52-45-47(6,7)28-48(45,8)9/h12-23,29-30,38,41,45H,10-11,24-28H2,1-9H3,(H,50,56)(H,51,54)(H,52,55)/t30-,38-,41?/m0/s1. The summed E-state index contributed by atoms with van der Waals surface area (Å²) in [5.41, 5.74) is 7.04. The van der Waals surface area contributed by atoms with Crippen LogP contribution in [0.2, 0.25) is 0 Å². The number of thiazole rings is 1. The minimum absolute atomic E-state index is 0.0534. The number of carbonyl (C=O) groups is 4. The van der Waals surface area contributed by atoms with Crippen molar-refractivity contribution < 1.29 is 28.7 Å². The maximum absolute atomic E-state index is 14.0. The number of carbonyl (C=O) groups excluding carboxylic acids is 4. The first-order chi connectivity index (χ1) is 28.3. The Morgan fingerprint density at radius 1 is 0.867 bits per heavy atom. The summed E-state index contributed by atoms with van der Waals surface area (Å²) in [6.07, 6.45) is 2.32. The first-order valence-corrected chi connectivity index (χ1v) is 21.8. The van der Waals surface area contributed by atoms with Crippen LogP contribution < -0.4 is 20.7 Å². The molecule has 11 nitrogen and oxygen atoms in total. The SMILES string of the molecule is Cc1ncsc1-c1ccc([C@H](C)NC(=O)[C@@H]2CCCN2C(=O)C(NC(=O)COCCOc2ccc(-c3ccc(C(=O)NC4C(C)(C)CC4(C)C)cc3)cc2)C(C)(C)C)cc1. The zero-order chi connectivity index (χ0) is 43.4. The van der Waals surface area contributed by atoms with Crippen LogP contribution in [0.5, 0.6) is 5.75 Å². The molecule has 1 aromatic heterocycles. The molecule has 2 aliphatic rings. The van der Waals surface area contributed by atoms with Crippen molar-refractivity contribution >= 4 is 35.0 Å². The van der Waals surface area contributed by atoms with Gasteiger partial charge in [-0.1, -0.05) is 97.0 Å². The van der Waals surface area contributed by atoms with Gasteiger partial charge in [-0.25, -0.2) is 4.98 Å². The topological polar surface area (TPSA) is 139 Å². The molecule has 1 unspecified atom stereocenters. The molecule has 2 heterocycles. The summed E-state index contributed by atoms with van der Waals surface area (Å²) in [4.78, 5) is 60.7. The number of likely N-dealkylation sites (tertiary alicyclic amines) is 1. The number of aryl methyl sites for hydroxylation is 1. The Morgan fingerprint density at radius 3 is 2.07 bits per heavy atom. The van der Waals surface area contributed by atoms with E-state index >= 15 is 0 Å². The minimum Gasteiger partial charge on any atom is -0.491 e. The van der Waals surface area contributed by atoms with Crippen LogP contribution in [0.4, 0.5) is 0 Å². The largest absolute Gasteiger partial charge is 0.491 e. The van der Waals surface area contributed by atoms with Crippen molar-refractivity contribution in [3.8, 4) is 27.3 Å². The fourth-order valence-corrected chi connectivity index (χ4v) is 9.88. The molecule has 3 N–H and O–H groups in total. The van der Waals surface area contributed by atoms with E-state index in [9.17, 15) is 19.2 Å². The van der Waals surface area contributed by atoms with Crippen LogP contribution in [0, 0.1) is 23.2 Å². The summed E-state index contributed by atoms with van der Waals surface area (Å²) >= 11 is 1.60.